The van der Waals surface area contributed by atoms with Crippen molar-refractivity contribution in [1.29, 1.82) is 0 Å². The van der Waals surface area contributed by atoms with Gasteiger partial charge in [0.2, 0.25) is 0 Å². The van der Waals surface area contributed by atoms with Gasteiger partial charge in [-0.1, -0.05) is 6.07 Å². The third-order valence-electron chi connectivity index (χ3n) is 2.51. The van der Waals surface area contributed by atoms with Gasteiger partial charge in [0.05, 0.1) is 31.6 Å². The summed E-state index contributed by atoms with van der Waals surface area (Å²) in [5.41, 5.74) is 2.12. The van der Waals surface area contributed by atoms with E-state index in [2.05, 4.69) is 10.3 Å². The van der Waals surface area contributed by atoms with E-state index in [0.29, 0.717) is 13.2 Å². The van der Waals surface area contributed by atoms with Crippen LogP contribution in [0.3, 0.4) is 0 Å². The lowest BCUT2D eigenvalue weighted by atomic mass is 10.3. The number of ether oxygens (including phenoxy) is 2. The molecule has 0 spiro atoms. The number of nitrogens with one attached hydrogen (secondary N) is 1. The minimum Gasteiger partial charge on any atom is -0.376 e. The standard InChI is InChI=1S/C12H18N2O2/c1-10-3-2-4-11(14-10)7-13-8-12-9-15-5-6-16-12/h2-4,12-13H,5-9H2,1H3. The van der Waals surface area contributed by atoms with Crippen LogP contribution in [0.25, 0.3) is 0 Å². The van der Waals surface area contributed by atoms with Crippen molar-refractivity contribution in [3.8, 4) is 0 Å². The van der Waals surface area contributed by atoms with Crippen LogP contribution >= 0.6 is 0 Å². The summed E-state index contributed by atoms with van der Waals surface area (Å²) < 4.78 is 10.9. The second-order valence-electron chi connectivity index (χ2n) is 3.97. The Morgan fingerprint density at radius 2 is 2.38 bits per heavy atom. The molecule has 0 saturated carbocycles. The Morgan fingerprint density at radius 3 is 3.12 bits per heavy atom. The van der Waals surface area contributed by atoms with Crippen LogP contribution in [0.1, 0.15) is 11.4 Å². The third kappa shape index (κ3) is 3.56. The van der Waals surface area contributed by atoms with Crippen molar-refractivity contribution >= 4 is 0 Å². The molecule has 2 heterocycles. The molecule has 0 aliphatic carbocycles. The number of aryl methyl sites for hydroxylation is 1. The average molecular weight is 222 g/mol. The Balaban J connectivity index is 1.71. The summed E-state index contributed by atoms with van der Waals surface area (Å²) in [4.78, 5) is 4.42. The van der Waals surface area contributed by atoms with Crippen molar-refractivity contribution in [3.05, 3.63) is 29.6 Å². The first-order valence-electron chi connectivity index (χ1n) is 5.67. The first kappa shape index (κ1) is 11.5. The lowest BCUT2D eigenvalue weighted by molar-refractivity contribution is -0.0864. The van der Waals surface area contributed by atoms with Gasteiger partial charge < -0.3 is 14.8 Å². The number of aromatic nitrogens is 1. The van der Waals surface area contributed by atoms with Crippen molar-refractivity contribution in [2.45, 2.75) is 19.6 Å². The number of pyridine rings is 1. The second-order valence-corrected chi connectivity index (χ2v) is 3.97. The number of rotatable bonds is 4. The van der Waals surface area contributed by atoms with Crippen LogP contribution in [0.2, 0.25) is 0 Å². The number of hydrogen-bond acceptors (Lipinski definition) is 4. The van der Waals surface area contributed by atoms with Crippen LogP contribution in [-0.4, -0.2) is 37.5 Å². The van der Waals surface area contributed by atoms with Crippen molar-refractivity contribution in [3.63, 3.8) is 0 Å². The topological polar surface area (TPSA) is 43.4 Å². The van der Waals surface area contributed by atoms with Crippen LogP contribution in [0, 0.1) is 6.92 Å². The Bertz CT molecular complexity index is 325. The summed E-state index contributed by atoms with van der Waals surface area (Å²) in [6.45, 7) is 5.71. The van der Waals surface area contributed by atoms with E-state index in [0.717, 1.165) is 31.1 Å². The van der Waals surface area contributed by atoms with E-state index in [1.165, 1.54) is 0 Å². The van der Waals surface area contributed by atoms with E-state index in [1.807, 2.05) is 25.1 Å². The molecule has 2 rings (SSSR count). The fourth-order valence-corrected chi connectivity index (χ4v) is 1.71. The molecule has 1 saturated heterocycles. The van der Waals surface area contributed by atoms with E-state index in [-0.39, 0.29) is 6.10 Å². The summed E-state index contributed by atoms with van der Waals surface area (Å²) in [5, 5.41) is 3.33. The molecular formula is C12H18N2O2. The van der Waals surface area contributed by atoms with Crippen molar-refractivity contribution in [1.82, 2.24) is 10.3 Å². The monoisotopic (exact) mass is 222 g/mol. The molecule has 1 unspecified atom stereocenters. The zero-order chi connectivity index (χ0) is 11.2. The maximum absolute atomic E-state index is 5.53. The normalized spacial score (nSPS) is 20.9. The van der Waals surface area contributed by atoms with Gasteiger partial charge in [0.25, 0.3) is 0 Å². The molecule has 0 amide bonds. The van der Waals surface area contributed by atoms with Gasteiger partial charge in [0, 0.05) is 18.8 Å². The Hall–Kier alpha value is -0.970. The molecule has 1 aromatic heterocycles. The highest BCUT2D eigenvalue weighted by molar-refractivity contribution is 5.09. The van der Waals surface area contributed by atoms with E-state index in [9.17, 15) is 0 Å². The molecule has 1 fully saturated rings. The fraction of sp³-hybridized carbons (Fsp3) is 0.583. The largest absolute Gasteiger partial charge is 0.376 e. The van der Waals surface area contributed by atoms with Gasteiger partial charge in [-0.15, -0.1) is 0 Å². The first-order valence-corrected chi connectivity index (χ1v) is 5.67. The molecule has 1 atom stereocenters. The maximum Gasteiger partial charge on any atom is 0.0933 e. The third-order valence-corrected chi connectivity index (χ3v) is 2.51. The lowest BCUT2D eigenvalue weighted by Crippen LogP contribution is -2.37. The Kier molecular flexibility index (Phi) is 4.27. The Morgan fingerprint density at radius 1 is 1.44 bits per heavy atom. The zero-order valence-corrected chi connectivity index (χ0v) is 9.61. The molecule has 0 bridgehead atoms. The molecule has 1 aliphatic heterocycles. The van der Waals surface area contributed by atoms with Crippen molar-refractivity contribution < 1.29 is 9.47 Å². The molecule has 4 heteroatoms. The van der Waals surface area contributed by atoms with Gasteiger partial charge in [-0.3, -0.25) is 4.98 Å². The quantitative estimate of drug-likeness (QED) is 0.822. The predicted octanol–water partition coefficient (Wildman–Crippen LogP) is 0.895. The van der Waals surface area contributed by atoms with Gasteiger partial charge in [-0.25, -0.2) is 0 Å². The van der Waals surface area contributed by atoms with Gasteiger partial charge in [0.15, 0.2) is 0 Å². The van der Waals surface area contributed by atoms with Crippen LogP contribution in [0.15, 0.2) is 18.2 Å². The van der Waals surface area contributed by atoms with E-state index in [4.69, 9.17) is 9.47 Å². The van der Waals surface area contributed by atoms with Crippen LogP contribution in [-0.2, 0) is 16.0 Å². The van der Waals surface area contributed by atoms with Gasteiger partial charge in [0.1, 0.15) is 0 Å². The molecule has 0 aromatic carbocycles. The average Bonchev–Trinajstić information content (AvgIpc) is 2.30. The number of nitrogens with zero attached hydrogens (tertiary/aromatic N) is 1. The number of hydrogen-bond donors (Lipinski definition) is 1. The molecule has 1 N–H and O–H groups in total. The molecule has 1 aromatic rings. The minimum absolute atomic E-state index is 0.179. The molecule has 16 heavy (non-hydrogen) atoms. The van der Waals surface area contributed by atoms with Gasteiger partial charge in [-0.05, 0) is 19.1 Å². The van der Waals surface area contributed by atoms with Gasteiger partial charge >= 0.3 is 0 Å². The summed E-state index contributed by atoms with van der Waals surface area (Å²) >= 11 is 0. The van der Waals surface area contributed by atoms with Crippen LogP contribution < -0.4 is 5.32 Å². The van der Waals surface area contributed by atoms with Gasteiger partial charge in [-0.2, -0.15) is 0 Å². The van der Waals surface area contributed by atoms with Crippen molar-refractivity contribution in [2.75, 3.05) is 26.4 Å². The lowest BCUT2D eigenvalue weighted by Gasteiger charge is -2.23. The van der Waals surface area contributed by atoms with Crippen LogP contribution in [0.5, 0.6) is 0 Å². The van der Waals surface area contributed by atoms with E-state index in [1.54, 1.807) is 0 Å². The predicted molar refractivity (Wildman–Crippen MR) is 61.2 cm³/mol. The van der Waals surface area contributed by atoms with Crippen LogP contribution in [0.4, 0.5) is 0 Å². The van der Waals surface area contributed by atoms with E-state index < -0.39 is 0 Å². The summed E-state index contributed by atoms with van der Waals surface area (Å²) in [5.74, 6) is 0. The summed E-state index contributed by atoms with van der Waals surface area (Å²) in [6.07, 6.45) is 0.179. The molecular weight excluding hydrogens is 204 g/mol. The highest BCUT2D eigenvalue weighted by Gasteiger charge is 2.13. The molecule has 88 valence electrons. The summed E-state index contributed by atoms with van der Waals surface area (Å²) in [6, 6.07) is 6.05. The van der Waals surface area contributed by atoms with E-state index >= 15 is 0 Å². The minimum atomic E-state index is 0.179. The Labute approximate surface area is 96.0 Å². The summed E-state index contributed by atoms with van der Waals surface area (Å²) in [7, 11) is 0. The SMILES string of the molecule is Cc1cccc(CNCC2COCCO2)n1. The molecule has 4 nitrogen and oxygen atoms in total. The molecule has 1 aliphatic rings. The molecule has 0 radical (unpaired) electrons. The highest BCUT2D eigenvalue weighted by atomic mass is 16.6. The van der Waals surface area contributed by atoms with Crippen molar-refractivity contribution in [2.24, 2.45) is 0 Å². The smallest absolute Gasteiger partial charge is 0.0933 e. The second kappa shape index (κ2) is 5.94. The zero-order valence-electron chi connectivity index (χ0n) is 9.61. The fourth-order valence-electron chi connectivity index (χ4n) is 1.71. The first-order chi connectivity index (χ1) is 7.84. The maximum atomic E-state index is 5.53. The highest BCUT2D eigenvalue weighted by Crippen LogP contribution is 2.01.